The summed E-state index contributed by atoms with van der Waals surface area (Å²) in [6.45, 7) is 7.14. The molecule has 0 bridgehead atoms. The number of hydrogen-bond donors (Lipinski definition) is 0. The van der Waals surface area contributed by atoms with Gasteiger partial charge in [-0.2, -0.15) is 5.10 Å². The van der Waals surface area contributed by atoms with Gasteiger partial charge in [-0.1, -0.05) is 33.1 Å². The van der Waals surface area contributed by atoms with Crippen molar-refractivity contribution < 1.29 is 4.79 Å². The summed E-state index contributed by atoms with van der Waals surface area (Å²) in [5, 5.41) is 4.59. The largest absolute Gasteiger partial charge is 0.299 e. The van der Waals surface area contributed by atoms with E-state index in [-0.39, 0.29) is 5.41 Å². The van der Waals surface area contributed by atoms with E-state index in [4.69, 9.17) is 0 Å². The first kappa shape index (κ1) is 15.7. The Balaban J connectivity index is 2.20. The minimum atomic E-state index is -0.118. The molecule has 0 saturated heterocycles. The molecular formula is C16H25BrN2O. The zero-order valence-electron chi connectivity index (χ0n) is 12.8. The van der Waals surface area contributed by atoms with Gasteiger partial charge in [0.1, 0.15) is 5.78 Å². The first-order chi connectivity index (χ1) is 9.51. The summed E-state index contributed by atoms with van der Waals surface area (Å²) in [6, 6.07) is 0. The van der Waals surface area contributed by atoms with E-state index in [0.29, 0.717) is 12.2 Å². The summed E-state index contributed by atoms with van der Waals surface area (Å²) in [4.78, 5) is 12.7. The van der Waals surface area contributed by atoms with Crippen molar-refractivity contribution in [3.8, 4) is 0 Å². The predicted molar refractivity (Wildman–Crippen MR) is 84.9 cm³/mol. The number of aromatic nitrogens is 2. The Bertz CT molecular complexity index is 487. The second kappa shape index (κ2) is 6.42. The van der Waals surface area contributed by atoms with Gasteiger partial charge in [-0.3, -0.25) is 9.48 Å². The minimum absolute atomic E-state index is 0.118. The van der Waals surface area contributed by atoms with E-state index in [9.17, 15) is 4.79 Å². The Kier molecular flexibility index (Phi) is 5.05. The topological polar surface area (TPSA) is 34.9 Å². The van der Waals surface area contributed by atoms with Crippen LogP contribution in [0.4, 0.5) is 0 Å². The summed E-state index contributed by atoms with van der Waals surface area (Å²) < 4.78 is 3.02. The normalized spacial score (nSPS) is 18.2. The molecule has 2 rings (SSSR count). The van der Waals surface area contributed by atoms with E-state index < -0.39 is 0 Å². The minimum Gasteiger partial charge on any atom is -0.299 e. The van der Waals surface area contributed by atoms with Crippen molar-refractivity contribution in [1.29, 1.82) is 0 Å². The molecule has 1 aliphatic rings. The lowest BCUT2D eigenvalue weighted by atomic mass is 9.71. The highest BCUT2D eigenvalue weighted by Gasteiger charge is 2.35. The lowest BCUT2D eigenvalue weighted by Crippen LogP contribution is -2.32. The summed E-state index contributed by atoms with van der Waals surface area (Å²) >= 11 is 3.64. The Labute approximate surface area is 130 Å². The Morgan fingerprint density at radius 2 is 1.95 bits per heavy atom. The van der Waals surface area contributed by atoms with Gasteiger partial charge in [0.2, 0.25) is 0 Å². The van der Waals surface area contributed by atoms with Crippen LogP contribution < -0.4 is 0 Å². The summed E-state index contributed by atoms with van der Waals surface area (Å²) in [5.41, 5.74) is 2.00. The van der Waals surface area contributed by atoms with Crippen LogP contribution >= 0.6 is 15.9 Å². The predicted octanol–water partition coefficient (Wildman–Crippen LogP) is 4.31. The highest BCUT2D eigenvalue weighted by molar-refractivity contribution is 9.10. The molecule has 1 aliphatic carbocycles. The van der Waals surface area contributed by atoms with Crippen molar-refractivity contribution >= 4 is 21.7 Å². The second-order valence-corrected chi connectivity index (χ2v) is 6.89. The number of aryl methyl sites for hydroxylation is 2. The molecule has 3 nitrogen and oxygen atoms in total. The Morgan fingerprint density at radius 1 is 1.30 bits per heavy atom. The van der Waals surface area contributed by atoms with Crippen molar-refractivity contribution in [2.75, 3.05) is 0 Å². The molecule has 1 aromatic rings. The van der Waals surface area contributed by atoms with Gasteiger partial charge in [-0.15, -0.1) is 0 Å². The molecule has 0 unspecified atom stereocenters. The lowest BCUT2D eigenvalue weighted by Gasteiger charge is -2.32. The number of halogens is 1. The maximum Gasteiger partial charge on any atom is 0.144 e. The number of carbonyl (C=O) groups is 1. The number of rotatable bonds is 5. The van der Waals surface area contributed by atoms with Gasteiger partial charge in [0.05, 0.1) is 22.3 Å². The van der Waals surface area contributed by atoms with Crippen LogP contribution in [0, 0.1) is 5.41 Å². The van der Waals surface area contributed by atoms with Crippen LogP contribution in [0.2, 0.25) is 0 Å². The fourth-order valence-corrected chi connectivity index (χ4v) is 3.87. The van der Waals surface area contributed by atoms with Gasteiger partial charge in [-0.05, 0) is 42.1 Å². The summed E-state index contributed by atoms with van der Waals surface area (Å²) in [6.07, 6.45) is 7.16. The summed E-state index contributed by atoms with van der Waals surface area (Å²) in [7, 11) is 0. The van der Waals surface area contributed by atoms with E-state index in [2.05, 4.69) is 41.8 Å². The van der Waals surface area contributed by atoms with Crippen LogP contribution in [-0.4, -0.2) is 15.6 Å². The number of nitrogens with zero attached hydrogens (tertiary/aromatic N) is 2. The number of carbonyl (C=O) groups excluding carboxylic acids is 1. The maximum atomic E-state index is 12.7. The van der Waals surface area contributed by atoms with Crippen LogP contribution in [-0.2, 0) is 24.2 Å². The highest BCUT2D eigenvalue weighted by atomic mass is 79.9. The van der Waals surface area contributed by atoms with Crippen molar-refractivity contribution in [2.45, 2.75) is 72.3 Å². The number of ketones is 1. The third-order valence-electron chi connectivity index (χ3n) is 4.65. The molecule has 0 amide bonds. The van der Waals surface area contributed by atoms with Crippen LogP contribution in [0.25, 0.3) is 0 Å². The van der Waals surface area contributed by atoms with Gasteiger partial charge in [0, 0.05) is 12.0 Å². The molecule has 1 heterocycles. The van der Waals surface area contributed by atoms with Crippen molar-refractivity contribution in [3.05, 3.63) is 15.9 Å². The molecule has 1 saturated carbocycles. The van der Waals surface area contributed by atoms with E-state index in [1.165, 1.54) is 19.3 Å². The third kappa shape index (κ3) is 3.00. The molecule has 0 aliphatic heterocycles. The van der Waals surface area contributed by atoms with Gasteiger partial charge in [-0.25, -0.2) is 0 Å². The maximum absolute atomic E-state index is 12.7. The average molecular weight is 341 g/mol. The first-order valence-electron chi connectivity index (χ1n) is 7.79. The monoisotopic (exact) mass is 340 g/mol. The smallest absolute Gasteiger partial charge is 0.144 e. The van der Waals surface area contributed by atoms with Gasteiger partial charge in [0.25, 0.3) is 0 Å². The van der Waals surface area contributed by atoms with Gasteiger partial charge < -0.3 is 0 Å². The molecule has 0 atom stereocenters. The average Bonchev–Trinajstić information content (AvgIpc) is 2.76. The van der Waals surface area contributed by atoms with Crippen LogP contribution in [0.1, 0.15) is 64.3 Å². The van der Waals surface area contributed by atoms with Gasteiger partial charge >= 0.3 is 0 Å². The molecular weight excluding hydrogens is 316 g/mol. The van der Waals surface area contributed by atoms with E-state index in [0.717, 1.165) is 41.7 Å². The van der Waals surface area contributed by atoms with Crippen molar-refractivity contribution in [2.24, 2.45) is 5.41 Å². The van der Waals surface area contributed by atoms with Crippen molar-refractivity contribution in [3.63, 3.8) is 0 Å². The Morgan fingerprint density at radius 3 is 2.50 bits per heavy atom. The quantitative estimate of drug-likeness (QED) is 0.800. The molecule has 0 aromatic carbocycles. The van der Waals surface area contributed by atoms with E-state index in [1.807, 2.05) is 4.68 Å². The first-order valence-corrected chi connectivity index (χ1v) is 8.58. The molecule has 0 radical (unpaired) electrons. The highest BCUT2D eigenvalue weighted by Crippen LogP contribution is 2.38. The second-order valence-electron chi connectivity index (χ2n) is 6.10. The van der Waals surface area contributed by atoms with Crippen LogP contribution in [0.5, 0.6) is 0 Å². The molecule has 0 N–H and O–H groups in total. The fraction of sp³-hybridized carbons (Fsp3) is 0.750. The zero-order valence-corrected chi connectivity index (χ0v) is 14.4. The summed E-state index contributed by atoms with van der Waals surface area (Å²) in [5.74, 6) is 0.384. The molecule has 0 spiro atoms. The standard InChI is InChI=1S/C16H25BrN2O/c1-4-12-15(17)13(19(5-2)18-12)11-14(20)16(3)9-7-6-8-10-16/h4-11H2,1-3H3. The lowest BCUT2D eigenvalue weighted by molar-refractivity contribution is -0.129. The molecule has 112 valence electrons. The molecule has 1 aromatic heterocycles. The number of Topliss-reactive ketones (excluding diaryl/α,β-unsaturated/α-hetero) is 1. The van der Waals surface area contributed by atoms with Crippen LogP contribution in [0.3, 0.4) is 0 Å². The number of hydrogen-bond acceptors (Lipinski definition) is 2. The van der Waals surface area contributed by atoms with E-state index in [1.54, 1.807) is 0 Å². The van der Waals surface area contributed by atoms with Crippen molar-refractivity contribution in [1.82, 2.24) is 9.78 Å². The molecule has 4 heteroatoms. The SMILES string of the molecule is CCc1nn(CC)c(CC(=O)C2(C)CCCCC2)c1Br. The molecule has 20 heavy (non-hydrogen) atoms. The Hall–Kier alpha value is -0.640. The van der Waals surface area contributed by atoms with Gasteiger partial charge in [0.15, 0.2) is 0 Å². The zero-order chi connectivity index (χ0) is 14.8. The van der Waals surface area contributed by atoms with E-state index >= 15 is 0 Å². The van der Waals surface area contributed by atoms with Crippen LogP contribution in [0.15, 0.2) is 4.47 Å². The fourth-order valence-electron chi connectivity index (χ4n) is 3.16. The molecule has 1 fully saturated rings. The third-order valence-corrected chi connectivity index (χ3v) is 5.57.